The topological polar surface area (TPSA) is 79.7 Å². The summed E-state index contributed by atoms with van der Waals surface area (Å²) in [6, 6.07) is 1.73. The number of carbonyl (C=O) groups is 2. The van der Waals surface area contributed by atoms with Gasteiger partial charge in [-0.2, -0.15) is 0 Å². The molecule has 1 rings (SSSR count). The van der Waals surface area contributed by atoms with Gasteiger partial charge in [0.2, 0.25) is 0 Å². The highest BCUT2D eigenvalue weighted by Crippen LogP contribution is 2.25. The first-order chi connectivity index (χ1) is 8.95. The molecule has 1 amide bonds. The number of hydrogen-bond acceptors (Lipinski definition) is 4. The van der Waals surface area contributed by atoms with Crippen molar-refractivity contribution in [3.63, 3.8) is 0 Å². The third kappa shape index (κ3) is 4.36. The summed E-state index contributed by atoms with van der Waals surface area (Å²) in [5.74, 6) is -0.966. The summed E-state index contributed by atoms with van der Waals surface area (Å²) in [6.07, 6.45) is 2.14. The largest absolute Gasteiger partial charge is 0.480 e. The number of carbonyl (C=O) groups excluding carboxylic acids is 1. The number of anilines is 1. The van der Waals surface area contributed by atoms with E-state index in [1.807, 2.05) is 6.92 Å². The van der Waals surface area contributed by atoms with E-state index in [1.165, 1.54) is 12.3 Å². The molecule has 0 fully saturated rings. The maximum atomic E-state index is 11.8. The van der Waals surface area contributed by atoms with Gasteiger partial charge in [0, 0.05) is 6.20 Å². The number of nitrogens with zero attached hydrogens (tertiary/aromatic N) is 2. The number of carboxylic acid groups (broad SMARTS) is 1. The van der Waals surface area contributed by atoms with Gasteiger partial charge < -0.3 is 9.84 Å². The summed E-state index contributed by atoms with van der Waals surface area (Å²) < 4.78 is 5.36. The van der Waals surface area contributed by atoms with Crippen LogP contribution in [0.25, 0.3) is 0 Å². The second-order valence-corrected chi connectivity index (χ2v) is 4.52. The molecule has 0 unspecified atom stereocenters. The zero-order chi connectivity index (χ0) is 14.4. The smallest absolute Gasteiger partial charge is 0.416 e. The minimum absolute atomic E-state index is 0.00155. The van der Waals surface area contributed by atoms with E-state index in [0.29, 0.717) is 4.47 Å². The average molecular weight is 329 g/mol. The van der Waals surface area contributed by atoms with Crippen molar-refractivity contribution < 1.29 is 19.4 Å². The summed E-state index contributed by atoms with van der Waals surface area (Å²) in [4.78, 5) is 27.6. The van der Waals surface area contributed by atoms with Gasteiger partial charge in [-0.25, -0.2) is 14.7 Å². The Hall–Kier alpha value is -1.89. The molecule has 0 aliphatic heterocycles. The Kier molecular flexibility index (Phi) is 5.50. The monoisotopic (exact) mass is 328 g/mol. The van der Waals surface area contributed by atoms with Gasteiger partial charge in [-0.1, -0.05) is 12.7 Å². The summed E-state index contributed by atoms with van der Waals surface area (Å²) in [6.45, 7) is 4.71. The van der Waals surface area contributed by atoms with Gasteiger partial charge in [0.25, 0.3) is 0 Å². The van der Waals surface area contributed by atoms with Crippen LogP contribution in [0.1, 0.15) is 5.56 Å². The van der Waals surface area contributed by atoms with E-state index in [0.717, 1.165) is 10.5 Å². The number of hydrogen-bond donors (Lipinski definition) is 1. The van der Waals surface area contributed by atoms with E-state index in [-0.39, 0.29) is 12.4 Å². The molecule has 1 heterocycles. The third-order valence-corrected chi connectivity index (χ3v) is 2.64. The molecule has 1 N–H and O–H groups in total. The lowest BCUT2D eigenvalue weighted by Crippen LogP contribution is -2.37. The van der Waals surface area contributed by atoms with E-state index >= 15 is 0 Å². The molecule has 0 spiro atoms. The number of halogens is 1. The molecule has 0 bridgehead atoms. The maximum Gasteiger partial charge on any atom is 0.416 e. The van der Waals surface area contributed by atoms with Crippen molar-refractivity contribution >= 4 is 33.8 Å². The van der Waals surface area contributed by atoms with E-state index in [2.05, 4.69) is 27.5 Å². The molecule has 0 radical (unpaired) electrons. The molecule has 0 aromatic carbocycles. The fraction of sp³-hybridized carbons (Fsp3) is 0.250. The summed E-state index contributed by atoms with van der Waals surface area (Å²) >= 11 is 3.25. The van der Waals surface area contributed by atoms with E-state index in [4.69, 9.17) is 9.84 Å². The highest BCUT2D eigenvalue weighted by atomic mass is 79.9. The highest BCUT2D eigenvalue weighted by Gasteiger charge is 2.23. The van der Waals surface area contributed by atoms with Crippen LogP contribution in [0.4, 0.5) is 10.6 Å². The molecule has 0 saturated heterocycles. The molecule has 19 heavy (non-hydrogen) atoms. The Morgan fingerprint density at radius 1 is 1.63 bits per heavy atom. The quantitative estimate of drug-likeness (QED) is 0.839. The van der Waals surface area contributed by atoms with Crippen molar-refractivity contribution in [3.8, 4) is 0 Å². The van der Waals surface area contributed by atoms with Crippen LogP contribution in [0.2, 0.25) is 0 Å². The average Bonchev–Trinajstić information content (AvgIpc) is 2.33. The van der Waals surface area contributed by atoms with Crippen molar-refractivity contribution in [1.82, 2.24) is 4.98 Å². The molecule has 102 valence electrons. The normalized spacial score (nSPS) is 9.79. The lowest BCUT2D eigenvalue weighted by molar-refractivity contribution is -0.135. The van der Waals surface area contributed by atoms with Crippen LogP contribution in [0.15, 0.2) is 29.4 Å². The summed E-state index contributed by atoms with van der Waals surface area (Å²) in [7, 11) is 0. The van der Waals surface area contributed by atoms with Crippen molar-refractivity contribution in [2.45, 2.75) is 6.92 Å². The number of pyridine rings is 1. The minimum atomic E-state index is -1.16. The van der Waals surface area contributed by atoms with Gasteiger partial charge in [0.05, 0.1) is 4.47 Å². The number of aryl methyl sites for hydroxylation is 1. The number of ether oxygens (including phenoxy) is 1. The Balaban J connectivity index is 3.04. The number of rotatable bonds is 5. The first kappa shape index (κ1) is 15.2. The fourth-order valence-electron chi connectivity index (χ4n) is 1.29. The lowest BCUT2D eigenvalue weighted by atomic mass is 10.3. The van der Waals surface area contributed by atoms with E-state index in [9.17, 15) is 9.59 Å². The highest BCUT2D eigenvalue weighted by molar-refractivity contribution is 9.10. The van der Waals surface area contributed by atoms with Gasteiger partial charge in [-0.3, -0.25) is 4.79 Å². The molecular formula is C12H13BrN2O4. The third-order valence-electron chi connectivity index (χ3n) is 2.05. The standard InChI is InChI=1S/C12H13BrN2O4/c1-3-4-19-12(18)15(7-10(16)17)11-9(13)5-8(2)6-14-11/h3,5-6H,1,4,7H2,2H3,(H,16,17). The summed E-state index contributed by atoms with van der Waals surface area (Å²) in [5.41, 5.74) is 0.880. The maximum absolute atomic E-state index is 11.8. The van der Waals surface area contributed by atoms with Crippen LogP contribution >= 0.6 is 15.9 Å². The molecule has 0 atom stereocenters. The van der Waals surface area contributed by atoms with Crippen molar-refractivity contribution in [3.05, 3.63) is 35.0 Å². The number of aromatic nitrogens is 1. The van der Waals surface area contributed by atoms with Crippen molar-refractivity contribution in [2.24, 2.45) is 0 Å². The van der Waals surface area contributed by atoms with Crippen LogP contribution in [0.5, 0.6) is 0 Å². The van der Waals surface area contributed by atoms with Crippen LogP contribution < -0.4 is 4.90 Å². The molecule has 6 nitrogen and oxygen atoms in total. The second-order valence-electron chi connectivity index (χ2n) is 3.66. The van der Waals surface area contributed by atoms with E-state index < -0.39 is 18.6 Å². The molecule has 1 aromatic rings. The number of aliphatic carboxylic acids is 1. The SMILES string of the molecule is C=CCOC(=O)N(CC(=O)O)c1ncc(C)cc1Br. The first-order valence-corrected chi connectivity index (χ1v) is 6.14. The van der Waals surface area contributed by atoms with Gasteiger partial charge in [-0.15, -0.1) is 0 Å². The Labute approximate surface area is 118 Å². The Morgan fingerprint density at radius 3 is 2.84 bits per heavy atom. The zero-order valence-electron chi connectivity index (χ0n) is 10.3. The van der Waals surface area contributed by atoms with Crippen LogP contribution in [-0.2, 0) is 9.53 Å². The minimum Gasteiger partial charge on any atom is -0.480 e. The van der Waals surface area contributed by atoms with Crippen LogP contribution in [0.3, 0.4) is 0 Å². The van der Waals surface area contributed by atoms with Gasteiger partial charge in [-0.05, 0) is 34.5 Å². The molecule has 0 aliphatic rings. The van der Waals surface area contributed by atoms with Crippen molar-refractivity contribution in [2.75, 3.05) is 18.1 Å². The lowest BCUT2D eigenvalue weighted by Gasteiger charge is -2.20. The summed E-state index contributed by atoms with van der Waals surface area (Å²) in [5, 5.41) is 8.85. The predicted molar refractivity (Wildman–Crippen MR) is 73.2 cm³/mol. The molecule has 0 aliphatic carbocycles. The van der Waals surface area contributed by atoms with Gasteiger partial charge in [0.15, 0.2) is 5.82 Å². The molecule has 0 saturated carbocycles. The number of amides is 1. The zero-order valence-corrected chi connectivity index (χ0v) is 11.9. The second kappa shape index (κ2) is 6.89. The predicted octanol–water partition coefficient (Wildman–Crippen LogP) is 2.37. The van der Waals surface area contributed by atoms with Crippen LogP contribution in [0, 0.1) is 6.92 Å². The Morgan fingerprint density at radius 2 is 2.32 bits per heavy atom. The molecule has 7 heteroatoms. The van der Waals surface area contributed by atoms with Gasteiger partial charge >= 0.3 is 12.1 Å². The first-order valence-electron chi connectivity index (χ1n) is 5.34. The molecule has 1 aromatic heterocycles. The molecular weight excluding hydrogens is 316 g/mol. The van der Waals surface area contributed by atoms with Crippen molar-refractivity contribution in [1.29, 1.82) is 0 Å². The fourth-order valence-corrected chi connectivity index (χ4v) is 1.97. The van der Waals surface area contributed by atoms with Gasteiger partial charge in [0.1, 0.15) is 13.2 Å². The van der Waals surface area contributed by atoms with E-state index in [1.54, 1.807) is 6.07 Å². The van der Waals surface area contributed by atoms with Crippen LogP contribution in [-0.4, -0.2) is 35.3 Å². The Bertz CT molecular complexity index is 505. The number of carboxylic acids is 1.